The lowest BCUT2D eigenvalue weighted by molar-refractivity contribution is -0.172. The first-order valence-electron chi connectivity index (χ1n) is 8.86. The van der Waals surface area contributed by atoms with Gasteiger partial charge < -0.3 is 14.2 Å². The van der Waals surface area contributed by atoms with Crippen molar-refractivity contribution in [3.05, 3.63) is 59.2 Å². The SMILES string of the molecule is COC(=O)/C=C/C[C@]12c3ccccc3C[C@H]1[C@H]1OC(=O)[C@@H]2C=C1C(=O)OC. The maximum Gasteiger partial charge on any atom is 0.337 e. The zero-order valence-electron chi connectivity index (χ0n) is 15.1. The molecule has 1 fully saturated rings. The highest BCUT2D eigenvalue weighted by Gasteiger charge is 2.64. The standard InChI is InChI=1S/C21H20O6/c1-25-17(22)8-5-9-21-14-7-4-3-6-12(14)10-15(21)18-13(19(23)26-2)11-16(21)20(24)27-18/h3-8,11,15-16,18H,9-10H2,1-2H3/b8-5+/t15-,16-,18-,21-/m0/s1. The number of rotatable bonds is 4. The van der Waals surface area contributed by atoms with E-state index in [1.165, 1.54) is 20.3 Å². The van der Waals surface area contributed by atoms with Crippen molar-refractivity contribution >= 4 is 17.9 Å². The predicted molar refractivity (Wildman–Crippen MR) is 94.6 cm³/mol. The van der Waals surface area contributed by atoms with E-state index >= 15 is 0 Å². The van der Waals surface area contributed by atoms with Gasteiger partial charge in [0.2, 0.25) is 0 Å². The Kier molecular flexibility index (Phi) is 4.13. The summed E-state index contributed by atoms with van der Waals surface area (Å²) in [6.07, 6.45) is 5.36. The van der Waals surface area contributed by atoms with Gasteiger partial charge >= 0.3 is 17.9 Å². The lowest BCUT2D eigenvalue weighted by atomic mass is 9.56. The molecule has 0 unspecified atom stereocenters. The molecule has 0 radical (unpaired) electrons. The summed E-state index contributed by atoms with van der Waals surface area (Å²) < 4.78 is 15.2. The van der Waals surface area contributed by atoms with Crippen molar-refractivity contribution in [1.29, 1.82) is 0 Å². The average Bonchev–Trinajstić information content (AvgIpc) is 3.04. The second-order valence-corrected chi connectivity index (χ2v) is 7.09. The first-order valence-corrected chi connectivity index (χ1v) is 8.86. The van der Waals surface area contributed by atoms with Crippen LogP contribution < -0.4 is 0 Å². The third-order valence-electron chi connectivity index (χ3n) is 6.02. The van der Waals surface area contributed by atoms with E-state index < -0.39 is 29.4 Å². The number of allylic oxidation sites excluding steroid dienone is 1. The van der Waals surface area contributed by atoms with Gasteiger partial charge in [0.15, 0.2) is 0 Å². The van der Waals surface area contributed by atoms with Crippen molar-refractivity contribution in [1.82, 2.24) is 0 Å². The molecular weight excluding hydrogens is 348 g/mol. The van der Waals surface area contributed by atoms with Gasteiger partial charge in [0, 0.05) is 17.4 Å². The molecule has 1 aromatic rings. The topological polar surface area (TPSA) is 78.9 Å². The van der Waals surface area contributed by atoms with Crippen LogP contribution in [0.15, 0.2) is 48.1 Å². The molecule has 4 atom stereocenters. The van der Waals surface area contributed by atoms with E-state index in [0.29, 0.717) is 18.4 Å². The summed E-state index contributed by atoms with van der Waals surface area (Å²) in [4.78, 5) is 36.4. The number of esters is 3. The maximum atomic E-state index is 12.7. The average molecular weight is 368 g/mol. The molecule has 0 spiro atoms. The lowest BCUT2D eigenvalue weighted by Crippen LogP contribution is -2.58. The fraction of sp³-hybridized carbons (Fsp3) is 0.381. The number of ether oxygens (including phenoxy) is 3. The number of carbonyl (C=O) groups is 3. The third kappa shape index (κ3) is 2.43. The van der Waals surface area contributed by atoms with E-state index in [2.05, 4.69) is 4.74 Å². The molecule has 6 heteroatoms. The number of carbonyl (C=O) groups excluding carboxylic acids is 3. The van der Waals surface area contributed by atoms with Crippen molar-refractivity contribution in [2.45, 2.75) is 24.4 Å². The van der Waals surface area contributed by atoms with Crippen LogP contribution >= 0.6 is 0 Å². The predicted octanol–water partition coefficient (Wildman–Crippen LogP) is 1.87. The van der Waals surface area contributed by atoms with Crippen LogP contribution in [0.1, 0.15) is 17.5 Å². The molecule has 27 heavy (non-hydrogen) atoms. The van der Waals surface area contributed by atoms with Gasteiger partial charge in [-0.2, -0.15) is 0 Å². The Balaban J connectivity index is 1.84. The van der Waals surface area contributed by atoms with Crippen LogP contribution in [0.2, 0.25) is 0 Å². The van der Waals surface area contributed by atoms with Gasteiger partial charge in [0.25, 0.3) is 0 Å². The Morgan fingerprint density at radius 2 is 2.04 bits per heavy atom. The van der Waals surface area contributed by atoms with Crippen molar-refractivity contribution in [3.8, 4) is 0 Å². The number of benzene rings is 1. The highest BCUT2D eigenvalue weighted by molar-refractivity contribution is 5.95. The quantitative estimate of drug-likeness (QED) is 0.459. The minimum Gasteiger partial charge on any atom is -0.466 e. The number of fused-ring (bicyclic) bond motifs is 2. The molecule has 2 aliphatic carbocycles. The first-order chi connectivity index (χ1) is 13.0. The van der Waals surface area contributed by atoms with E-state index in [0.717, 1.165) is 11.1 Å². The van der Waals surface area contributed by atoms with Crippen LogP contribution in [-0.2, 0) is 40.4 Å². The van der Waals surface area contributed by atoms with Crippen LogP contribution in [0.4, 0.5) is 0 Å². The van der Waals surface area contributed by atoms with Crippen LogP contribution in [0.25, 0.3) is 0 Å². The molecular formula is C21H20O6. The Bertz CT molecular complexity index is 882. The van der Waals surface area contributed by atoms with Gasteiger partial charge in [-0.05, 0) is 24.0 Å². The molecule has 2 heterocycles. The summed E-state index contributed by atoms with van der Waals surface area (Å²) in [5.74, 6) is -1.94. The highest BCUT2D eigenvalue weighted by atomic mass is 16.6. The summed E-state index contributed by atoms with van der Waals surface area (Å²) in [5, 5.41) is 0. The largest absolute Gasteiger partial charge is 0.466 e. The van der Waals surface area contributed by atoms with Crippen molar-refractivity contribution in [2.75, 3.05) is 14.2 Å². The van der Waals surface area contributed by atoms with Crippen LogP contribution in [0, 0.1) is 11.8 Å². The van der Waals surface area contributed by atoms with Crippen LogP contribution in [0.5, 0.6) is 0 Å². The summed E-state index contributed by atoms with van der Waals surface area (Å²) in [7, 11) is 2.65. The van der Waals surface area contributed by atoms with Gasteiger partial charge in [0.1, 0.15) is 6.10 Å². The van der Waals surface area contributed by atoms with Gasteiger partial charge in [-0.1, -0.05) is 36.4 Å². The molecule has 4 aliphatic rings. The molecule has 0 amide bonds. The molecule has 1 saturated heterocycles. The zero-order valence-corrected chi connectivity index (χ0v) is 15.1. The second-order valence-electron chi connectivity index (χ2n) is 7.09. The molecule has 2 aliphatic heterocycles. The molecule has 1 aromatic carbocycles. The number of hydrogen-bond acceptors (Lipinski definition) is 6. The summed E-state index contributed by atoms with van der Waals surface area (Å²) >= 11 is 0. The molecule has 6 nitrogen and oxygen atoms in total. The van der Waals surface area contributed by atoms with Crippen LogP contribution in [0.3, 0.4) is 0 Å². The third-order valence-corrected chi connectivity index (χ3v) is 6.02. The van der Waals surface area contributed by atoms with Crippen molar-refractivity contribution in [3.63, 3.8) is 0 Å². The van der Waals surface area contributed by atoms with E-state index in [4.69, 9.17) is 9.47 Å². The lowest BCUT2D eigenvalue weighted by Gasteiger charge is -2.51. The maximum absolute atomic E-state index is 12.7. The number of methoxy groups -OCH3 is 2. The monoisotopic (exact) mass is 368 g/mol. The Morgan fingerprint density at radius 1 is 1.26 bits per heavy atom. The van der Waals surface area contributed by atoms with Crippen molar-refractivity contribution in [2.24, 2.45) is 11.8 Å². The Labute approximate surface area is 156 Å². The molecule has 0 aromatic heterocycles. The summed E-state index contributed by atoms with van der Waals surface area (Å²) in [6.45, 7) is 0. The van der Waals surface area contributed by atoms with Crippen molar-refractivity contribution < 1.29 is 28.6 Å². The van der Waals surface area contributed by atoms with E-state index in [9.17, 15) is 14.4 Å². The molecule has 5 rings (SSSR count). The van der Waals surface area contributed by atoms with Gasteiger partial charge in [0.05, 0.1) is 25.7 Å². The Hall–Kier alpha value is -2.89. The van der Waals surface area contributed by atoms with Gasteiger partial charge in [-0.15, -0.1) is 0 Å². The normalized spacial score (nSPS) is 30.4. The van der Waals surface area contributed by atoms with Crippen LogP contribution in [-0.4, -0.2) is 38.2 Å². The smallest absolute Gasteiger partial charge is 0.337 e. The fourth-order valence-electron chi connectivity index (χ4n) is 4.92. The highest BCUT2D eigenvalue weighted by Crippen LogP contribution is 2.59. The van der Waals surface area contributed by atoms with Gasteiger partial charge in [-0.3, -0.25) is 4.79 Å². The van der Waals surface area contributed by atoms with E-state index in [1.54, 1.807) is 12.2 Å². The minimum atomic E-state index is -0.645. The molecule has 0 N–H and O–H groups in total. The van der Waals surface area contributed by atoms with E-state index in [1.807, 2.05) is 24.3 Å². The first kappa shape index (κ1) is 17.5. The fourth-order valence-corrected chi connectivity index (χ4v) is 4.92. The molecule has 0 saturated carbocycles. The van der Waals surface area contributed by atoms with E-state index in [-0.39, 0.29) is 11.9 Å². The van der Waals surface area contributed by atoms with Gasteiger partial charge in [-0.25, -0.2) is 9.59 Å². The zero-order chi connectivity index (χ0) is 19.2. The molecule has 140 valence electrons. The summed E-state index contributed by atoms with van der Waals surface area (Å²) in [5.41, 5.74) is 2.09. The number of hydrogen-bond donors (Lipinski definition) is 0. The Morgan fingerprint density at radius 3 is 2.78 bits per heavy atom. The summed E-state index contributed by atoms with van der Waals surface area (Å²) in [6, 6.07) is 7.99. The minimum absolute atomic E-state index is 0.0843. The molecule has 2 bridgehead atoms. The second kappa shape index (κ2) is 6.37.